The van der Waals surface area contributed by atoms with Gasteiger partial charge in [-0.05, 0) is 56.4 Å². The maximum atomic E-state index is 3.53. The Hall–Kier alpha value is -1.64. The zero-order chi connectivity index (χ0) is 15.3. The van der Waals surface area contributed by atoms with Crippen molar-refractivity contribution < 1.29 is 0 Å². The highest BCUT2D eigenvalue weighted by Gasteiger charge is 1.94. The molecule has 0 saturated carbocycles. The van der Waals surface area contributed by atoms with Gasteiger partial charge in [0.2, 0.25) is 0 Å². The molecule has 2 nitrogen and oxygen atoms in total. The van der Waals surface area contributed by atoms with Gasteiger partial charge in [0, 0.05) is 6.54 Å². The minimum Gasteiger partial charge on any atom is -0.317 e. The molecule has 0 aliphatic heterocycles. The first-order valence-corrected chi connectivity index (χ1v) is 8.44. The third kappa shape index (κ3) is 7.39. The first kappa shape index (κ1) is 16.7. The van der Waals surface area contributed by atoms with Gasteiger partial charge in [-0.2, -0.15) is 0 Å². The highest BCUT2D eigenvalue weighted by molar-refractivity contribution is 5.15. The summed E-state index contributed by atoms with van der Waals surface area (Å²) in [5, 5.41) is 7.02. The monoisotopic (exact) mass is 296 g/mol. The Balaban J connectivity index is 1.37. The van der Waals surface area contributed by atoms with Gasteiger partial charge in [0.15, 0.2) is 0 Å². The van der Waals surface area contributed by atoms with Gasteiger partial charge < -0.3 is 10.6 Å². The van der Waals surface area contributed by atoms with Gasteiger partial charge in [-0.1, -0.05) is 60.7 Å². The largest absolute Gasteiger partial charge is 0.317 e. The molecule has 2 aromatic rings. The standard InChI is InChI=1S/C20H28N2/c1-3-10-19(11-4-1)12-7-8-15-21-16-9-17-22-18-20-13-5-2-6-14-20/h1-6,10-11,13-14,21-22H,7-9,12,15-18H2. The van der Waals surface area contributed by atoms with Crippen LogP contribution in [0.15, 0.2) is 60.7 Å². The summed E-state index contributed by atoms with van der Waals surface area (Å²) in [5.74, 6) is 0. The minimum absolute atomic E-state index is 0.970. The molecule has 0 fully saturated rings. The topological polar surface area (TPSA) is 24.1 Å². The van der Waals surface area contributed by atoms with E-state index in [4.69, 9.17) is 0 Å². The average Bonchev–Trinajstić information content (AvgIpc) is 2.58. The Labute approximate surface area is 135 Å². The zero-order valence-corrected chi connectivity index (χ0v) is 13.4. The van der Waals surface area contributed by atoms with Gasteiger partial charge in [0.05, 0.1) is 0 Å². The average molecular weight is 296 g/mol. The molecule has 0 bridgehead atoms. The fourth-order valence-electron chi connectivity index (χ4n) is 2.52. The number of hydrogen-bond donors (Lipinski definition) is 2. The maximum absolute atomic E-state index is 3.53. The molecular formula is C20H28N2. The predicted molar refractivity (Wildman–Crippen MR) is 95.0 cm³/mol. The van der Waals surface area contributed by atoms with Crippen LogP contribution in [0, 0.1) is 0 Å². The molecule has 2 rings (SSSR count). The second kappa shape index (κ2) is 11.0. The number of benzene rings is 2. The molecule has 0 spiro atoms. The van der Waals surface area contributed by atoms with Crippen molar-refractivity contribution in [1.82, 2.24) is 10.6 Å². The van der Waals surface area contributed by atoms with E-state index in [0.717, 1.165) is 26.2 Å². The normalized spacial score (nSPS) is 10.7. The van der Waals surface area contributed by atoms with E-state index in [1.54, 1.807) is 0 Å². The van der Waals surface area contributed by atoms with Crippen LogP contribution in [-0.4, -0.2) is 19.6 Å². The Morgan fingerprint density at radius 1 is 0.545 bits per heavy atom. The summed E-state index contributed by atoms with van der Waals surface area (Å²) in [5.41, 5.74) is 2.81. The lowest BCUT2D eigenvalue weighted by Crippen LogP contribution is -2.22. The second-order valence-corrected chi connectivity index (χ2v) is 5.71. The molecule has 0 radical (unpaired) electrons. The molecular weight excluding hydrogens is 268 g/mol. The molecule has 0 atom stereocenters. The maximum Gasteiger partial charge on any atom is 0.0205 e. The van der Waals surface area contributed by atoms with Crippen LogP contribution in [0.5, 0.6) is 0 Å². The summed E-state index contributed by atoms with van der Waals surface area (Å²) in [6, 6.07) is 21.3. The van der Waals surface area contributed by atoms with E-state index in [2.05, 4.69) is 71.3 Å². The van der Waals surface area contributed by atoms with Crippen LogP contribution in [0.2, 0.25) is 0 Å². The first-order valence-electron chi connectivity index (χ1n) is 8.44. The second-order valence-electron chi connectivity index (χ2n) is 5.71. The quantitative estimate of drug-likeness (QED) is 0.617. The van der Waals surface area contributed by atoms with Gasteiger partial charge in [-0.15, -0.1) is 0 Å². The summed E-state index contributed by atoms with van der Waals surface area (Å²) < 4.78 is 0. The van der Waals surface area contributed by atoms with Crippen LogP contribution in [-0.2, 0) is 13.0 Å². The first-order chi connectivity index (χ1) is 10.9. The zero-order valence-electron chi connectivity index (χ0n) is 13.4. The lowest BCUT2D eigenvalue weighted by molar-refractivity contribution is 0.574. The third-order valence-electron chi connectivity index (χ3n) is 3.79. The van der Waals surface area contributed by atoms with E-state index in [1.165, 1.54) is 36.8 Å². The molecule has 118 valence electrons. The molecule has 2 aromatic carbocycles. The van der Waals surface area contributed by atoms with Crippen molar-refractivity contribution >= 4 is 0 Å². The lowest BCUT2D eigenvalue weighted by atomic mass is 10.1. The molecule has 0 aromatic heterocycles. The highest BCUT2D eigenvalue weighted by Crippen LogP contribution is 2.03. The summed E-state index contributed by atoms with van der Waals surface area (Å²) >= 11 is 0. The van der Waals surface area contributed by atoms with Crippen molar-refractivity contribution in [1.29, 1.82) is 0 Å². The van der Waals surface area contributed by atoms with Crippen LogP contribution in [0.4, 0.5) is 0 Å². The van der Waals surface area contributed by atoms with Crippen LogP contribution in [0.25, 0.3) is 0 Å². The van der Waals surface area contributed by atoms with Gasteiger partial charge in [0.25, 0.3) is 0 Å². The van der Waals surface area contributed by atoms with Gasteiger partial charge >= 0.3 is 0 Å². The number of nitrogens with one attached hydrogen (secondary N) is 2. The van der Waals surface area contributed by atoms with Crippen molar-refractivity contribution in [2.45, 2.75) is 32.2 Å². The van der Waals surface area contributed by atoms with Gasteiger partial charge in [0.1, 0.15) is 0 Å². The summed E-state index contributed by atoms with van der Waals surface area (Å²) in [6.07, 6.45) is 4.91. The molecule has 0 unspecified atom stereocenters. The van der Waals surface area contributed by atoms with Crippen LogP contribution in [0.3, 0.4) is 0 Å². The molecule has 0 aliphatic rings. The molecule has 0 saturated heterocycles. The summed E-state index contributed by atoms with van der Waals surface area (Å²) in [7, 11) is 0. The van der Waals surface area contributed by atoms with Crippen molar-refractivity contribution in [3.05, 3.63) is 71.8 Å². The van der Waals surface area contributed by atoms with E-state index in [0.29, 0.717) is 0 Å². The van der Waals surface area contributed by atoms with Crippen molar-refractivity contribution in [3.63, 3.8) is 0 Å². The Morgan fingerprint density at radius 3 is 1.86 bits per heavy atom. The van der Waals surface area contributed by atoms with E-state index >= 15 is 0 Å². The third-order valence-corrected chi connectivity index (χ3v) is 3.79. The van der Waals surface area contributed by atoms with Gasteiger partial charge in [-0.25, -0.2) is 0 Å². The van der Waals surface area contributed by atoms with Gasteiger partial charge in [-0.3, -0.25) is 0 Å². The lowest BCUT2D eigenvalue weighted by Gasteiger charge is -2.07. The van der Waals surface area contributed by atoms with E-state index in [-0.39, 0.29) is 0 Å². The van der Waals surface area contributed by atoms with Crippen molar-refractivity contribution in [3.8, 4) is 0 Å². The Kier molecular flexibility index (Phi) is 8.36. The fourth-order valence-corrected chi connectivity index (χ4v) is 2.52. The van der Waals surface area contributed by atoms with E-state index in [1.807, 2.05) is 0 Å². The molecule has 2 N–H and O–H groups in total. The molecule has 0 aliphatic carbocycles. The molecule has 2 heteroatoms. The van der Waals surface area contributed by atoms with Crippen molar-refractivity contribution in [2.75, 3.05) is 19.6 Å². The highest BCUT2D eigenvalue weighted by atomic mass is 14.9. The number of hydrogen-bond acceptors (Lipinski definition) is 2. The number of unbranched alkanes of at least 4 members (excludes halogenated alkanes) is 1. The molecule has 22 heavy (non-hydrogen) atoms. The van der Waals surface area contributed by atoms with E-state index in [9.17, 15) is 0 Å². The Morgan fingerprint density at radius 2 is 1.14 bits per heavy atom. The Bertz CT molecular complexity index is 434. The molecule has 0 heterocycles. The SMILES string of the molecule is c1ccc(CCCCNCCCNCc2ccccc2)cc1. The predicted octanol–water partition coefficient (Wildman–Crippen LogP) is 3.78. The van der Waals surface area contributed by atoms with Crippen LogP contribution in [0.1, 0.15) is 30.4 Å². The van der Waals surface area contributed by atoms with Crippen molar-refractivity contribution in [2.24, 2.45) is 0 Å². The minimum atomic E-state index is 0.970. The summed E-state index contributed by atoms with van der Waals surface area (Å²) in [6.45, 7) is 4.28. The fraction of sp³-hybridized carbons (Fsp3) is 0.400. The van der Waals surface area contributed by atoms with Crippen LogP contribution >= 0.6 is 0 Å². The van der Waals surface area contributed by atoms with E-state index < -0.39 is 0 Å². The number of rotatable bonds is 11. The summed E-state index contributed by atoms with van der Waals surface area (Å²) in [4.78, 5) is 0. The van der Waals surface area contributed by atoms with Crippen LogP contribution < -0.4 is 10.6 Å². The molecule has 0 amide bonds. The number of aryl methyl sites for hydroxylation is 1. The smallest absolute Gasteiger partial charge is 0.0205 e.